The van der Waals surface area contributed by atoms with Crippen LogP contribution in [0.3, 0.4) is 0 Å². The van der Waals surface area contributed by atoms with E-state index in [0.717, 1.165) is 19.4 Å². The van der Waals surface area contributed by atoms with Gasteiger partial charge in [-0.05, 0) is 35.5 Å². The number of hydrogen-bond donors (Lipinski definition) is 0. The lowest BCUT2D eigenvalue weighted by Crippen LogP contribution is -2.44. The van der Waals surface area contributed by atoms with Gasteiger partial charge in [0.2, 0.25) is 5.91 Å². The van der Waals surface area contributed by atoms with E-state index in [2.05, 4.69) is 69.2 Å². The molecule has 0 saturated carbocycles. The van der Waals surface area contributed by atoms with Gasteiger partial charge in [-0.2, -0.15) is 0 Å². The number of hydrogen-bond acceptors (Lipinski definition) is 1. The van der Waals surface area contributed by atoms with Crippen molar-refractivity contribution in [2.75, 3.05) is 13.6 Å². The van der Waals surface area contributed by atoms with Crippen LogP contribution in [0.15, 0.2) is 0 Å². The lowest BCUT2D eigenvalue weighted by atomic mass is 9.69. The second kappa shape index (κ2) is 7.36. The van der Waals surface area contributed by atoms with Crippen LogP contribution in [0, 0.1) is 28.1 Å². The third-order valence-electron chi connectivity index (χ3n) is 5.01. The highest BCUT2D eigenvalue weighted by molar-refractivity contribution is 5.81. The highest BCUT2D eigenvalue weighted by Gasteiger charge is 2.36. The van der Waals surface area contributed by atoms with Gasteiger partial charge in [0, 0.05) is 19.0 Å². The van der Waals surface area contributed by atoms with Crippen molar-refractivity contribution in [3.8, 4) is 0 Å². The van der Waals surface area contributed by atoms with Crippen molar-refractivity contribution < 1.29 is 4.79 Å². The van der Waals surface area contributed by atoms with E-state index >= 15 is 0 Å². The van der Waals surface area contributed by atoms with Gasteiger partial charge in [0.25, 0.3) is 0 Å². The fourth-order valence-electron chi connectivity index (χ4n) is 3.83. The summed E-state index contributed by atoms with van der Waals surface area (Å²) in [5.74, 6) is 1.46. The van der Waals surface area contributed by atoms with Crippen molar-refractivity contribution in [1.29, 1.82) is 0 Å². The van der Waals surface area contributed by atoms with E-state index in [1.807, 2.05) is 11.9 Å². The summed E-state index contributed by atoms with van der Waals surface area (Å²) >= 11 is 0. The van der Waals surface area contributed by atoms with E-state index in [4.69, 9.17) is 0 Å². The Kier molecular flexibility index (Phi) is 7.18. The third-order valence-corrected chi connectivity index (χ3v) is 5.01. The fourth-order valence-corrected chi connectivity index (χ4v) is 3.83. The highest BCUT2D eigenvalue weighted by atomic mass is 16.2. The first kappa shape index (κ1) is 21.5. The first-order chi connectivity index (χ1) is 9.61. The van der Waals surface area contributed by atoms with E-state index in [-0.39, 0.29) is 16.7 Å². The zero-order chi connectivity index (χ0) is 17.9. The van der Waals surface area contributed by atoms with Crippen LogP contribution >= 0.6 is 0 Å². The molecule has 0 radical (unpaired) electrons. The van der Waals surface area contributed by atoms with E-state index in [1.165, 1.54) is 0 Å². The van der Waals surface area contributed by atoms with Crippen molar-refractivity contribution in [2.24, 2.45) is 28.1 Å². The lowest BCUT2D eigenvalue weighted by molar-refractivity contribution is -0.141. The van der Waals surface area contributed by atoms with E-state index in [9.17, 15) is 4.79 Å². The molecule has 132 valence electrons. The van der Waals surface area contributed by atoms with Gasteiger partial charge in [0.15, 0.2) is 0 Å². The topological polar surface area (TPSA) is 20.3 Å². The number of carbonyl (C=O) groups excluding carboxylic acids is 1. The molecule has 1 amide bonds. The van der Waals surface area contributed by atoms with Crippen LogP contribution in [-0.2, 0) is 4.79 Å². The Hall–Kier alpha value is -0.530. The molecule has 0 bridgehead atoms. The van der Waals surface area contributed by atoms with Crippen LogP contribution in [0.1, 0.15) is 82.1 Å². The Bertz CT molecular complexity index is 364. The Labute approximate surface area is 140 Å². The van der Waals surface area contributed by atoms with Crippen LogP contribution in [0.4, 0.5) is 0 Å². The number of rotatable bonds is 8. The van der Waals surface area contributed by atoms with Crippen LogP contribution < -0.4 is 0 Å². The molecular weight excluding hydrogens is 270 g/mol. The van der Waals surface area contributed by atoms with Crippen molar-refractivity contribution in [3.63, 3.8) is 0 Å². The van der Waals surface area contributed by atoms with E-state index < -0.39 is 0 Å². The predicted molar refractivity (Wildman–Crippen MR) is 97.9 cm³/mol. The van der Waals surface area contributed by atoms with Gasteiger partial charge in [0.05, 0.1) is 0 Å². The molecule has 0 heterocycles. The normalized spacial score (nSPS) is 13.9. The summed E-state index contributed by atoms with van der Waals surface area (Å²) < 4.78 is 0. The fraction of sp³-hybridized carbons (Fsp3) is 0.950. The summed E-state index contributed by atoms with van der Waals surface area (Å²) in [6, 6.07) is 0. The maximum atomic E-state index is 12.8. The molecule has 2 heteroatoms. The van der Waals surface area contributed by atoms with Crippen LogP contribution in [-0.4, -0.2) is 24.4 Å². The van der Waals surface area contributed by atoms with Crippen molar-refractivity contribution in [3.05, 3.63) is 0 Å². The molecule has 0 spiro atoms. The summed E-state index contributed by atoms with van der Waals surface area (Å²) in [4.78, 5) is 14.8. The molecule has 0 aromatic heterocycles. The average molecular weight is 312 g/mol. The molecule has 0 atom stereocenters. The monoisotopic (exact) mass is 311 g/mol. The van der Waals surface area contributed by atoms with Gasteiger partial charge in [-0.25, -0.2) is 0 Å². The molecule has 0 rings (SSSR count). The third kappa shape index (κ3) is 6.71. The summed E-state index contributed by atoms with van der Waals surface area (Å²) in [7, 11) is 1.97. The first-order valence-electron chi connectivity index (χ1n) is 8.86. The van der Waals surface area contributed by atoms with Crippen molar-refractivity contribution >= 4 is 5.91 Å². The molecule has 0 aliphatic heterocycles. The van der Waals surface area contributed by atoms with Crippen LogP contribution in [0.2, 0.25) is 0 Å². The number of carbonyl (C=O) groups is 1. The molecule has 0 aromatic carbocycles. The summed E-state index contributed by atoms with van der Waals surface area (Å²) in [5, 5.41) is 0. The second-order valence-electron chi connectivity index (χ2n) is 10.1. The molecule has 22 heavy (non-hydrogen) atoms. The van der Waals surface area contributed by atoms with Gasteiger partial charge in [0.1, 0.15) is 0 Å². The molecular formula is C20H41NO. The number of amides is 1. The SMILES string of the molecule is CC(C)CC(C)(C)C(=O)N(C)CC(C)(C)CC(C)(C)C(C)C. The van der Waals surface area contributed by atoms with Crippen molar-refractivity contribution in [2.45, 2.75) is 82.1 Å². The molecule has 0 aliphatic rings. The highest BCUT2D eigenvalue weighted by Crippen LogP contribution is 2.40. The quantitative estimate of drug-likeness (QED) is 0.570. The lowest BCUT2D eigenvalue weighted by Gasteiger charge is -2.41. The molecule has 0 aromatic rings. The van der Waals surface area contributed by atoms with Gasteiger partial charge in [-0.1, -0.05) is 69.2 Å². The Morgan fingerprint density at radius 3 is 1.77 bits per heavy atom. The molecule has 0 fully saturated rings. The average Bonchev–Trinajstić information content (AvgIpc) is 2.23. The molecule has 0 saturated heterocycles. The summed E-state index contributed by atoms with van der Waals surface area (Å²) in [5.41, 5.74) is 0.152. The zero-order valence-electron chi connectivity index (χ0n) is 17.1. The first-order valence-corrected chi connectivity index (χ1v) is 8.86. The Morgan fingerprint density at radius 2 is 1.41 bits per heavy atom. The molecule has 0 N–H and O–H groups in total. The minimum absolute atomic E-state index is 0.131. The maximum absolute atomic E-state index is 12.8. The van der Waals surface area contributed by atoms with Crippen LogP contribution in [0.25, 0.3) is 0 Å². The standard InChI is InChI=1S/C20H41NO/c1-15(2)12-19(7,8)17(22)21(11)14-18(5,6)13-20(9,10)16(3)4/h15-16H,12-14H2,1-11H3. The second-order valence-corrected chi connectivity index (χ2v) is 10.1. The van der Waals surface area contributed by atoms with Gasteiger partial charge in [-0.15, -0.1) is 0 Å². The van der Waals surface area contributed by atoms with Crippen molar-refractivity contribution in [1.82, 2.24) is 4.90 Å². The van der Waals surface area contributed by atoms with Gasteiger partial charge < -0.3 is 4.90 Å². The molecule has 0 unspecified atom stereocenters. The van der Waals surface area contributed by atoms with E-state index in [1.54, 1.807) is 0 Å². The minimum Gasteiger partial charge on any atom is -0.345 e. The molecule has 2 nitrogen and oxygen atoms in total. The summed E-state index contributed by atoms with van der Waals surface area (Å²) in [6.45, 7) is 23.2. The summed E-state index contributed by atoms with van der Waals surface area (Å²) in [6.07, 6.45) is 2.06. The number of nitrogens with zero attached hydrogens (tertiary/aromatic N) is 1. The Balaban J connectivity index is 4.89. The Morgan fingerprint density at radius 1 is 0.955 bits per heavy atom. The zero-order valence-corrected chi connectivity index (χ0v) is 17.1. The molecule has 0 aliphatic carbocycles. The maximum Gasteiger partial charge on any atom is 0.227 e. The van der Waals surface area contributed by atoms with Crippen LogP contribution in [0.5, 0.6) is 0 Å². The van der Waals surface area contributed by atoms with E-state index in [0.29, 0.717) is 17.3 Å². The largest absolute Gasteiger partial charge is 0.345 e. The van der Waals surface area contributed by atoms with Gasteiger partial charge >= 0.3 is 0 Å². The smallest absolute Gasteiger partial charge is 0.227 e. The predicted octanol–water partition coefficient (Wildman–Crippen LogP) is 5.62. The minimum atomic E-state index is -0.271. The van der Waals surface area contributed by atoms with Gasteiger partial charge in [-0.3, -0.25) is 4.79 Å².